The molecule has 1 amide bonds. The highest BCUT2D eigenvalue weighted by Gasteiger charge is 2.31. The topological polar surface area (TPSA) is 120 Å². The number of rotatable bonds is 4. The van der Waals surface area contributed by atoms with E-state index in [1.807, 2.05) is 26.0 Å². The van der Waals surface area contributed by atoms with Crippen LogP contribution in [0.4, 0.5) is 5.82 Å². The van der Waals surface area contributed by atoms with E-state index in [0.717, 1.165) is 9.75 Å². The van der Waals surface area contributed by atoms with Crippen LogP contribution in [-0.4, -0.2) is 45.8 Å². The monoisotopic (exact) mass is 471 g/mol. The molecular formula is C21H21N5O4S2. The minimum atomic E-state index is -3.09. The number of amides is 1. The molecule has 1 saturated heterocycles. The molecule has 11 heteroatoms. The predicted molar refractivity (Wildman–Crippen MR) is 122 cm³/mol. The van der Waals surface area contributed by atoms with E-state index in [2.05, 4.69) is 20.6 Å². The molecule has 0 aromatic carbocycles. The third kappa shape index (κ3) is 3.71. The molecule has 1 aliphatic rings. The molecule has 9 nitrogen and oxygen atoms in total. The lowest BCUT2D eigenvalue weighted by Crippen LogP contribution is -2.20. The summed E-state index contributed by atoms with van der Waals surface area (Å²) in [7, 11) is -3.09. The maximum absolute atomic E-state index is 13.4. The van der Waals surface area contributed by atoms with Gasteiger partial charge in [0.1, 0.15) is 5.82 Å². The van der Waals surface area contributed by atoms with Gasteiger partial charge in [-0.05, 0) is 45.4 Å². The average molecular weight is 472 g/mol. The Morgan fingerprint density at radius 2 is 2.06 bits per heavy atom. The largest absolute Gasteiger partial charge is 0.335 e. The summed E-state index contributed by atoms with van der Waals surface area (Å²) in [5.41, 5.74) is 2.57. The van der Waals surface area contributed by atoms with Crippen LogP contribution in [0.5, 0.6) is 0 Å². The van der Waals surface area contributed by atoms with Gasteiger partial charge in [0.25, 0.3) is 11.6 Å². The predicted octanol–water partition coefficient (Wildman–Crippen LogP) is 3.68. The minimum Gasteiger partial charge on any atom is -0.335 e. The average Bonchev–Trinajstić information content (AvgIpc) is 3.49. The van der Waals surface area contributed by atoms with Crippen LogP contribution in [0, 0.1) is 20.8 Å². The van der Waals surface area contributed by atoms with E-state index < -0.39 is 9.84 Å². The lowest BCUT2D eigenvalue weighted by atomic mass is 10.1. The molecule has 32 heavy (non-hydrogen) atoms. The summed E-state index contributed by atoms with van der Waals surface area (Å²) in [6.07, 6.45) is 0.471. The van der Waals surface area contributed by atoms with Crippen molar-refractivity contribution >= 4 is 44.0 Å². The van der Waals surface area contributed by atoms with Gasteiger partial charge in [-0.25, -0.2) is 18.1 Å². The maximum Gasteiger partial charge on any atom is 0.259 e. The van der Waals surface area contributed by atoms with E-state index >= 15 is 0 Å². The van der Waals surface area contributed by atoms with Gasteiger partial charge in [0.2, 0.25) is 0 Å². The molecule has 166 valence electrons. The second-order valence-electron chi connectivity index (χ2n) is 8.04. The number of aryl methyl sites for hydroxylation is 3. The fraction of sp³-hybridized carbons (Fsp3) is 0.333. The van der Waals surface area contributed by atoms with E-state index in [1.165, 1.54) is 0 Å². The molecule has 0 saturated carbocycles. The zero-order valence-electron chi connectivity index (χ0n) is 17.7. The molecule has 4 aromatic rings. The van der Waals surface area contributed by atoms with Gasteiger partial charge in [-0.2, -0.15) is 5.10 Å². The molecule has 0 bridgehead atoms. The second-order valence-corrected chi connectivity index (χ2v) is 11.6. The number of carbonyl (C=O) groups is 1. The minimum absolute atomic E-state index is 0.0170. The highest BCUT2D eigenvalue weighted by atomic mass is 32.2. The number of sulfone groups is 1. The zero-order valence-corrected chi connectivity index (χ0v) is 19.4. The van der Waals surface area contributed by atoms with Crippen molar-refractivity contribution in [1.82, 2.24) is 19.9 Å². The number of pyridine rings is 1. The summed E-state index contributed by atoms with van der Waals surface area (Å²) >= 11 is 1.58. The molecule has 4 aromatic heterocycles. The van der Waals surface area contributed by atoms with Crippen LogP contribution in [0.2, 0.25) is 0 Å². The number of anilines is 1. The SMILES string of the molecule is Cc1cc(NC(=O)c2cc(-c3ccc(C)s3)nc3onc(C)c23)n(C2CCS(=O)(=O)C2)n1. The summed E-state index contributed by atoms with van der Waals surface area (Å²) in [5.74, 6) is 0.240. The van der Waals surface area contributed by atoms with Crippen molar-refractivity contribution in [3.63, 3.8) is 0 Å². The number of hydrogen-bond acceptors (Lipinski definition) is 8. The normalized spacial score (nSPS) is 17.8. The number of fused-ring (bicyclic) bond motifs is 1. The van der Waals surface area contributed by atoms with Crippen LogP contribution < -0.4 is 5.32 Å². The molecule has 5 rings (SSSR count). The first-order valence-electron chi connectivity index (χ1n) is 10.1. The summed E-state index contributed by atoms with van der Waals surface area (Å²) in [6, 6.07) is 7.13. The van der Waals surface area contributed by atoms with Gasteiger partial charge in [-0.15, -0.1) is 11.3 Å². The van der Waals surface area contributed by atoms with Crippen LogP contribution in [0.25, 0.3) is 21.7 Å². The van der Waals surface area contributed by atoms with Gasteiger partial charge in [-0.1, -0.05) is 5.16 Å². The molecule has 0 aliphatic carbocycles. The molecule has 0 spiro atoms. The summed E-state index contributed by atoms with van der Waals surface area (Å²) < 4.78 is 30.9. The van der Waals surface area contributed by atoms with Gasteiger partial charge in [0.15, 0.2) is 9.84 Å². The first-order valence-corrected chi connectivity index (χ1v) is 12.8. The smallest absolute Gasteiger partial charge is 0.259 e. The number of aromatic nitrogens is 4. The Hall–Kier alpha value is -3.05. The number of nitrogens with one attached hydrogen (secondary N) is 1. The first-order chi connectivity index (χ1) is 15.2. The fourth-order valence-electron chi connectivity index (χ4n) is 4.01. The van der Waals surface area contributed by atoms with Gasteiger partial charge in [0.05, 0.1) is 50.5 Å². The van der Waals surface area contributed by atoms with Gasteiger partial charge >= 0.3 is 0 Å². The molecule has 1 fully saturated rings. The standard InChI is InChI=1S/C21H21N5O4S2/c1-11-8-18(26(24-11)14-6-7-32(28,29)10-14)23-20(27)15-9-16(17-5-4-12(2)31-17)22-21-19(15)13(3)25-30-21/h4-5,8-9,14H,6-7,10H2,1-3H3,(H,23,27). The lowest BCUT2D eigenvalue weighted by molar-refractivity contribution is 0.102. The van der Waals surface area contributed by atoms with Crippen molar-refractivity contribution in [3.8, 4) is 10.6 Å². The molecule has 0 radical (unpaired) electrons. The number of hydrogen-bond donors (Lipinski definition) is 1. The highest BCUT2D eigenvalue weighted by molar-refractivity contribution is 7.91. The number of thiophene rings is 1. The Kier molecular flexibility index (Phi) is 4.90. The summed E-state index contributed by atoms with van der Waals surface area (Å²) in [6.45, 7) is 5.57. The number of nitrogens with zero attached hydrogens (tertiary/aromatic N) is 4. The van der Waals surface area contributed by atoms with Crippen molar-refractivity contribution < 1.29 is 17.7 Å². The number of carbonyl (C=O) groups excluding carboxylic acids is 1. The second kappa shape index (κ2) is 7.52. The molecule has 1 unspecified atom stereocenters. The third-order valence-corrected chi connectivity index (χ3v) is 8.28. The van der Waals surface area contributed by atoms with Gasteiger partial charge in [0, 0.05) is 10.9 Å². The highest BCUT2D eigenvalue weighted by Crippen LogP contribution is 2.32. The van der Waals surface area contributed by atoms with Crippen molar-refractivity contribution in [3.05, 3.63) is 46.1 Å². The van der Waals surface area contributed by atoms with Crippen LogP contribution in [0.1, 0.15) is 39.1 Å². The zero-order chi connectivity index (χ0) is 22.6. The Labute approximate surface area is 188 Å². The quantitative estimate of drug-likeness (QED) is 0.482. The molecule has 1 aliphatic heterocycles. The van der Waals surface area contributed by atoms with Crippen molar-refractivity contribution in [1.29, 1.82) is 0 Å². The summed E-state index contributed by atoms with van der Waals surface area (Å²) in [5, 5.41) is 11.9. The van der Waals surface area contributed by atoms with Gasteiger partial charge in [-0.3, -0.25) is 4.79 Å². The molecular weight excluding hydrogens is 450 g/mol. The molecule has 5 heterocycles. The van der Waals surface area contributed by atoms with E-state index in [0.29, 0.717) is 46.0 Å². The maximum atomic E-state index is 13.4. The van der Waals surface area contributed by atoms with Gasteiger partial charge < -0.3 is 9.84 Å². The van der Waals surface area contributed by atoms with Crippen LogP contribution in [-0.2, 0) is 9.84 Å². The fourth-order valence-corrected chi connectivity index (χ4v) is 6.53. The lowest BCUT2D eigenvalue weighted by Gasteiger charge is -2.14. The molecule has 1 atom stereocenters. The van der Waals surface area contributed by atoms with Crippen LogP contribution >= 0.6 is 11.3 Å². The Balaban J connectivity index is 1.54. The molecule has 1 N–H and O–H groups in total. The van der Waals surface area contributed by atoms with Crippen LogP contribution in [0.15, 0.2) is 28.8 Å². The third-order valence-electron chi connectivity index (χ3n) is 5.51. The Bertz CT molecular complexity index is 1460. The first kappa shape index (κ1) is 20.8. The van der Waals surface area contributed by atoms with Crippen molar-refractivity contribution in [2.45, 2.75) is 33.2 Å². The van der Waals surface area contributed by atoms with E-state index in [1.54, 1.807) is 35.1 Å². The van der Waals surface area contributed by atoms with E-state index in [4.69, 9.17) is 4.52 Å². The summed E-state index contributed by atoms with van der Waals surface area (Å²) in [4.78, 5) is 20.0. The van der Waals surface area contributed by atoms with Crippen molar-refractivity contribution in [2.75, 3.05) is 16.8 Å². The van der Waals surface area contributed by atoms with Crippen molar-refractivity contribution in [2.24, 2.45) is 0 Å². The Morgan fingerprint density at radius 1 is 1.25 bits per heavy atom. The Morgan fingerprint density at radius 3 is 2.75 bits per heavy atom. The van der Waals surface area contributed by atoms with E-state index in [-0.39, 0.29) is 23.5 Å². The van der Waals surface area contributed by atoms with E-state index in [9.17, 15) is 13.2 Å². The van der Waals surface area contributed by atoms with Crippen LogP contribution in [0.3, 0.4) is 0 Å².